The predicted octanol–water partition coefficient (Wildman–Crippen LogP) is 4.86. The first-order valence-corrected chi connectivity index (χ1v) is 13.5. The van der Waals surface area contributed by atoms with Crippen molar-refractivity contribution in [3.63, 3.8) is 0 Å². The lowest BCUT2D eigenvalue weighted by molar-refractivity contribution is -0.121. The smallest absolute Gasteiger partial charge is 0.246 e. The van der Waals surface area contributed by atoms with Gasteiger partial charge in [0.2, 0.25) is 27.6 Å². The summed E-state index contributed by atoms with van der Waals surface area (Å²) in [5, 5.41) is 7.22. The molecule has 35 heavy (non-hydrogen) atoms. The standard InChI is InChI=1S/C25H31ClN4O4S/c1-17-20(26)8-6-9-21(17)30(35(5,32)33)15-7-10-22(31)27-16-23-28-24(29-34-23)18-11-13-19(14-12-18)25(2,3)4/h6,8-9,11-14H,7,10,15-16H2,1-5H3,(H,27,31). The van der Waals surface area contributed by atoms with Gasteiger partial charge in [0.05, 0.1) is 18.5 Å². The second kappa shape index (κ2) is 10.8. The molecule has 1 amide bonds. The maximum atomic E-state index is 12.3. The second-order valence-electron chi connectivity index (χ2n) is 9.44. The number of sulfonamides is 1. The van der Waals surface area contributed by atoms with Crippen molar-refractivity contribution in [2.45, 2.75) is 52.5 Å². The van der Waals surface area contributed by atoms with E-state index in [0.29, 0.717) is 34.4 Å². The topological polar surface area (TPSA) is 105 Å². The lowest BCUT2D eigenvalue weighted by Gasteiger charge is -2.24. The zero-order valence-electron chi connectivity index (χ0n) is 20.6. The highest BCUT2D eigenvalue weighted by Gasteiger charge is 2.20. The van der Waals surface area contributed by atoms with Crippen LogP contribution in [0.3, 0.4) is 0 Å². The molecule has 0 atom stereocenters. The molecule has 1 N–H and O–H groups in total. The molecule has 8 nitrogen and oxygen atoms in total. The Balaban J connectivity index is 1.53. The third-order valence-electron chi connectivity index (χ3n) is 5.59. The Morgan fingerprint density at radius 1 is 1.14 bits per heavy atom. The van der Waals surface area contributed by atoms with E-state index in [-0.39, 0.29) is 30.8 Å². The number of benzene rings is 2. The monoisotopic (exact) mass is 518 g/mol. The fraction of sp³-hybridized carbons (Fsp3) is 0.400. The summed E-state index contributed by atoms with van der Waals surface area (Å²) in [5.74, 6) is 0.506. The number of halogens is 1. The van der Waals surface area contributed by atoms with E-state index in [2.05, 4.69) is 36.2 Å². The quantitative estimate of drug-likeness (QED) is 0.433. The third-order valence-corrected chi connectivity index (χ3v) is 7.18. The van der Waals surface area contributed by atoms with Crippen LogP contribution in [0, 0.1) is 6.92 Å². The van der Waals surface area contributed by atoms with Gasteiger partial charge in [0.1, 0.15) is 0 Å². The van der Waals surface area contributed by atoms with Crippen molar-refractivity contribution in [2.24, 2.45) is 0 Å². The molecule has 3 rings (SSSR count). The molecule has 0 saturated heterocycles. The molecule has 0 bridgehead atoms. The van der Waals surface area contributed by atoms with Gasteiger partial charge in [-0.25, -0.2) is 8.42 Å². The van der Waals surface area contributed by atoms with Crippen LogP contribution in [0.2, 0.25) is 5.02 Å². The van der Waals surface area contributed by atoms with Crippen LogP contribution < -0.4 is 9.62 Å². The van der Waals surface area contributed by atoms with E-state index < -0.39 is 10.0 Å². The van der Waals surface area contributed by atoms with E-state index in [1.807, 2.05) is 24.3 Å². The molecule has 10 heteroatoms. The highest BCUT2D eigenvalue weighted by Crippen LogP contribution is 2.28. The molecule has 188 valence electrons. The molecular weight excluding hydrogens is 488 g/mol. The van der Waals surface area contributed by atoms with Gasteiger partial charge in [-0.3, -0.25) is 9.10 Å². The minimum Gasteiger partial charge on any atom is -0.347 e. The Labute approximate surface area is 211 Å². The van der Waals surface area contributed by atoms with Gasteiger partial charge in [0, 0.05) is 23.6 Å². The average molecular weight is 519 g/mol. The molecule has 0 fully saturated rings. The number of carbonyl (C=O) groups is 1. The first kappa shape index (κ1) is 26.7. The van der Waals surface area contributed by atoms with Crippen molar-refractivity contribution in [3.05, 3.63) is 64.5 Å². The molecule has 3 aromatic rings. The summed E-state index contributed by atoms with van der Waals surface area (Å²) in [7, 11) is -3.54. The molecule has 1 aromatic heterocycles. The van der Waals surface area contributed by atoms with Crippen LogP contribution in [0.15, 0.2) is 47.0 Å². The SMILES string of the molecule is Cc1c(Cl)cccc1N(CCCC(=O)NCc1nc(-c2ccc(C(C)(C)C)cc2)no1)S(C)(=O)=O. The first-order chi connectivity index (χ1) is 16.4. The summed E-state index contributed by atoms with van der Waals surface area (Å²) in [4.78, 5) is 16.7. The van der Waals surface area contributed by atoms with Crippen molar-refractivity contribution < 1.29 is 17.7 Å². The first-order valence-electron chi connectivity index (χ1n) is 11.3. The lowest BCUT2D eigenvalue weighted by Crippen LogP contribution is -2.32. The van der Waals surface area contributed by atoms with Gasteiger partial charge in [-0.1, -0.05) is 67.9 Å². The van der Waals surface area contributed by atoms with Crippen molar-refractivity contribution in [1.29, 1.82) is 0 Å². The number of amides is 1. The predicted molar refractivity (Wildman–Crippen MR) is 138 cm³/mol. The molecule has 0 spiro atoms. The van der Waals surface area contributed by atoms with Gasteiger partial charge in [-0.05, 0) is 42.0 Å². The van der Waals surface area contributed by atoms with Gasteiger partial charge in [-0.2, -0.15) is 4.98 Å². The van der Waals surface area contributed by atoms with E-state index in [4.69, 9.17) is 16.1 Å². The molecule has 2 aromatic carbocycles. The largest absolute Gasteiger partial charge is 0.347 e. The van der Waals surface area contributed by atoms with Gasteiger partial charge < -0.3 is 9.84 Å². The molecule has 0 aliphatic carbocycles. The second-order valence-corrected chi connectivity index (χ2v) is 11.8. The van der Waals surface area contributed by atoms with Crippen LogP contribution >= 0.6 is 11.6 Å². The number of anilines is 1. The summed E-state index contributed by atoms with van der Waals surface area (Å²) in [6.45, 7) is 8.45. The maximum absolute atomic E-state index is 12.3. The number of rotatable bonds is 9. The zero-order valence-corrected chi connectivity index (χ0v) is 22.2. The molecule has 0 aliphatic heterocycles. The normalized spacial score (nSPS) is 11.9. The summed E-state index contributed by atoms with van der Waals surface area (Å²) < 4.78 is 31.2. The van der Waals surface area contributed by atoms with Crippen molar-refractivity contribution in [1.82, 2.24) is 15.5 Å². The van der Waals surface area contributed by atoms with Crippen LogP contribution in [0.1, 0.15) is 50.6 Å². The van der Waals surface area contributed by atoms with Gasteiger partial charge in [0.15, 0.2) is 0 Å². The Bertz CT molecular complexity index is 1280. The molecule has 0 aliphatic rings. The Hall–Kier alpha value is -2.91. The minimum atomic E-state index is -3.54. The van der Waals surface area contributed by atoms with E-state index in [1.54, 1.807) is 25.1 Å². The Kier molecular flexibility index (Phi) is 8.22. The van der Waals surface area contributed by atoms with Crippen molar-refractivity contribution in [3.8, 4) is 11.4 Å². The van der Waals surface area contributed by atoms with E-state index in [9.17, 15) is 13.2 Å². The van der Waals surface area contributed by atoms with Gasteiger partial charge in [-0.15, -0.1) is 0 Å². The van der Waals surface area contributed by atoms with E-state index >= 15 is 0 Å². The van der Waals surface area contributed by atoms with Crippen LogP contribution in [0.4, 0.5) is 5.69 Å². The fourth-order valence-electron chi connectivity index (χ4n) is 3.54. The Morgan fingerprint density at radius 2 is 1.83 bits per heavy atom. The van der Waals surface area contributed by atoms with Crippen molar-refractivity contribution in [2.75, 3.05) is 17.1 Å². The zero-order chi connectivity index (χ0) is 25.8. The molecular formula is C25H31ClN4O4S. The van der Waals surface area contributed by atoms with Crippen LogP contribution in [0.5, 0.6) is 0 Å². The van der Waals surface area contributed by atoms with E-state index in [0.717, 1.165) is 11.8 Å². The molecule has 0 unspecified atom stereocenters. The van der Waals surface area contributed by atoms with Crippen LogP contribution in [-0.2, 0) is 26.8 Å². The van der Waals surface area contributed by atoms with Gasteiger partial charge >= 0.3 is 0 Å². The number of hydrogen-bond donors (Lipinski definition) is 1. The van der Waals surface area contributed by atoms with Crippen molar-refractivity contribution >= 4 is 33.2 Å². The summed E-state index contributed by atoms with van der Waals surface area (Å²) in [6, 6.07) is 13.1. The fourth-order valence-corrected chi connectivity index (χ4v) is 4.73. The van der Waals surface area contributed by atoms with Gasteiger partial charge in [0.25, 0.3) is 0 Å². The number of nitrogens with one attached hydrogen (secondary N) is 1. The molecule has 1 heterocycles. The minimum absolute atomic E-state index is 0.0521. The molecule has 0 saturated carbocycles. The highest BCUT2D eigenvalue weighted by molar-refractivity contribution is 7.92. The highest BCUT2D eigenvalue weighted by atomic mass is 35.5. The number of hydrogen-bond acceptors (Lipinski definition) is 6. The average Bonchev–Trinajstić information content (AvgIpc) is 3.25. The molecule has 0 radical (unpaired) electrons. The summed E-state index contributed by atoms with van der Waals surface area (Å²) in [6.07, 6.45) is 1.61. The summed E-state index contributed by atoms with van der Waals surface area (Å²) >= 11 is 6.15. The van der Waals surface area contributed by atoms with E-state index in [1.165, 1.54) is 9.87 Å². The van der Waals surface area contributed by atoms with Crippen LogP contribution in [-0.4, -0.2) is 37.3 Å². The Morgan fingerprint density at radius 3 is 2.46 bits per heavy atom. The van der Waals surface area contributed by atoms with Crippen LogP contribution in [0.25, 0.3) is 11.4 Å². The lowest BCUT2D eigenvalue weighted by atomic mass is 9.87. The third kappa shape index (κ3) is 7.05. The number of carbonyl (C=O) groups excluding carboxylic acids is 1. The number of aromatic nitrogens is 2. The maximum Gasteiger partial charge on any atom is 0.246 e. The summed E-state index contributed by atoms with van der Waals surface area (Å²) in [5.41, 5.74) is 3.27. The number of nitrogens with zero attached hydrogens (tertiary/aromatic N) is 3.